The van der Waals surface area contributed by atoms with E-state index < -0.39 is 0 Å². The Morgan fingerprint density at radius 2 is 2.12 bits per heavy atom. The van der Waals surface area contributed by atoms with Crippen molar-refractivity contribution < 1.29 is 4.74 Å². The summed E-state index contributed by atoms with van der Waals surface area (Å²) in [6, 6.07) is 8.32. The zero-order valence-electron chi connectivity index (χ0n) is 15.3. The maximum absolute atomic E-state index is 12.3. The molecule has 0 atom stereocenters. The van der Waals surface area contributed by atoms with Gasteiger partial charge in [-0.25, -0.2) is 9.98 Å². The molecule has 26 heavy (non-hydrogen) atoms. The summed E-state index contributed by atoms with van der Waals surface area (Å²) in [7, 11) is 1.51. The predicted octanol–water partition coefficient (Wildman–Crippen LogP) is 4.05. The van der Waals surface area contributed by atoms with Gasteiger partial charge in [-0.1, -0.05) is 47.7 Å². The van der Waals surface area contributed by atoms with E-state index >= 15 is 0 Å². The molecule has 0 aliphatic rings. The van der Waals surface area contributed by atoms with Crippen molar-refractivity contribution in [2.75, 3.05) is 7.11 Å². The van der Waals surface area contributed by atoms with Gasteiger partial charge in [0, 0.05) is 30.1 Å². The number of nitrogens with zero attached hydrogens (tertiary/aromatic N) is 2. The van der Waals surface area contributed by atoms with E-state index in [1.165, 1.54) is 30.0 Å². The monoisotopic (exact) mass is 369 g/mol. The van der Waals surface area contributed by atoms with Crippen molar-refractivity contribution in [3.05, 3.63) is 81.6 Å². The Morgan fingerprint density at radius 1 is 1.38 bits per heavy atom. The zero-order valence-corrected chi connectivity index (χ0v) is 16.1. The fourth-order valence-electron chi connectivity index (χ4n) is 2.09. The Balaban J connectivity index is 2.02. The summed E-state index contributed by atoms with van der Waals surface area (Å²) >= 11 is 1.51. The second-order valence-electron chi connectivity index (χ2n) is 5.71. The molecule has 5 nitrogen and oxygen atoms in total. The summed E-state index contributed by atoms with van der Waals surface area (Å²) in [6.07, 6.45) is 5.61. The van der Waals surface area contributed by atoms with Gasteiger partial charge in [0.2, 0.25) is 5.88 Å². The average Bonchev–Trinajstić information content (AvgIpc) is 2.65. The molecule has 0 aliphatic heterocycles. The van der Waals surface area contributed by atoms with Crippen LogP contribution < -0.4 is 5.56 Å². The summed E-state index contributed by atoms with van der Waals surface area (Å²) < 4.78 is 4.90. The Morgan fingerprint density at radius 3 is 2.73 bits per heavy atom. The van der Waals surface area contributed by atoms with Crippen LogP contribution in [0.25, 0.3) is 0 Å². The Kier molecular flexibility index (Phi) is 7.41. The third-order valence-corrected chi connectivity index (χ3v) is 4.68. The number of allylic oxidation sites excluding steroid dienone is 2. The van der Waals surface area contributed by atoms with Crippen LogP contribution in [-0.4, -0.2) is 23.3 Å². The number of hydrogen-bond acceptors (Lipinski definition) is 5. The minimum Gasteiger partial charge on any atom is -0.481 e. The van der Waals surface area contributed by atoms with E-state index in [9.17, 15) is 4.79 Å². The molecule has 0 aliphatic carbocycles. The quantitative estimate of drug-likeness (QED) is 0.330. The summed E-state index contributed by atoms with van der Waals surface area (Å²) in [4.78, 5) is 23.6. The first-order valence-electron chi connectivity index (χ1n) is 8.20. The van der Waals surface area contributed by atoms with Gasteiger partial charge in [0.15, 0.2) is 5.16 Å². The van der Waals surface area contributed by atoms with E-state index in [0.717, 1.165) is 11.3 Å². The fraction of sp³-hybridized carbons (Fsp3) is 0.250. The molecule has 0 radical (unpaired) electrons. The number of methoxy groups -OCH3 is 1. The summed E-state index contributed by atoms with van der Waals surface area (Å²) in [5.41, 5.74) is 3.76. The Labute approximate surface area is 157 Å². The number of aryl methyl sites for hydroxylation is 1. The molecule has 6 heteroatoms. The second kappa shape index (κ2) is 9.77. The average molecular weight is 369 g/mol. The first-order chi connectivity index (χ1) is 12.5. The van der Waals surface area contributed by atoms with Gasteiger partial charge in [-0.3, -0.25) is 4.79 Å². The Hall–Kier alpha value is -2.60. The molecule has 0 saturated heterocycles. The van der Waals surface area contributed by atoms with E-state index in [1.807, 2.05) is 13.0 Å². The highest BCUT2D eigenvalue weighted by Crippen LogP contribution is 2.18. The van der Waals surface area contributed by atoms with E-state index in [1.54, 1.807) is 12.4 Å². The number of rotatable bonds is 8. The van der Waals surface area contributed by atoms with E-state index in [4.69, 9.17) is 4.74 Å². The molecule has 2 aromatic rings. The van der Waals surface area contributed by atoms with Crippen molar-refractivity contribution in [1.29, 1.82) is 0 Å². The lowest BCUT2D eigenvalue weighted by Crippen LogP contribution is -2.15. The summed E-state index contributed by atoms with van der Waals surface area (Å²) in [5.74, 6) is 1.08. The maximum Gasteiger partial charge on any atom is 0.255 e. The summed E-state index contributed by atoms with van der Waals surface area (Å²) in [6.45, 7) is 7.59. The van der Waals surface area contributed by atoms with Crippen molar-refractivity contribution in [2.24, 2.45) is 4.99 Å². The van der Waals surface area contributed by atoms with Crippen LogP contribution in [0, 0.1) is 6.92 Å². The molecule has 0 fully saturated rings. The van der Waals surface area contributed by atoms with E-state index in [2.05, 4.69) is 52.7 Å². The molecular weight excluding hydrogens is 346 g/mol. The number of ether oxygens (including phenoxy) is 1. The van der Waals surface area contributed by atoms with Crippen LogP contribution in [0.1, 0.15) is 23.6 Å². The van der Waals surface area contributed by atoms with Crippen LogP contribution in [-0.2, 0) is 16.9 Å². The van der Waals surface area contributed by atoms with Crippen molar-refractivity contribution in [1.82, 2.24) is 9.97 Å². The van der Waals surface area contributed by atoms with Crippen LogP contribution >= 0.6 is 11.8 Å². The summed E-state index contributed by atoms with van der Waals surface area (Å²) in [5, 5.41) is 0.614. The molecule has 1 aromatic carbocycles. The largest absolute Gasteiger partial charge is 0.481 e. The van der Waals surface area contributed by atoms with Crippen molar-refractivity contribution in [2.45, 2.75) is 31.2 Å². The fourth-order valence-corrected chi connectivity index (χ4v) is 2.88. The molecular formula is C20H23N3O2S. The van der Waals surface area contributed by atoms with Crippen LogP contribution in [0.4, 0.5) is 0 Å². The minimum atomic E-state index is -0.135. The highest BCUT2D eigenvalue weighted by atomic mass is 32.2. The number of hydrogen-bond donors (Lipinski definition) is 1. The number of aromatic amines is 1. The zero-order chi connectivity index (χ0) is 18.9. The number of benzene rings is 1. The molecule has 136 valence electrons. The first-order valence-corrected chi connectivity index (χ1v) is 9.19. The van der Waals surface area contributed by atoms with Crippen molar-refractivity contribution in [3.8, 4) is 0 Å². The molecule has 0 amide bonds. The lowest BCUT2D eigenvalue weighted by molar-refractivity contribution is 0.291. The molecule has 0 spiro atoms. The van der Waals surface area contributed by atoms with Crippen molar-refractivity contribution in [3.63, 3.8) is 0 Å². The van der Waals surface area contributed by atoms with Gasteiger partial charge in [0.1, 0.15) is 0 Å². The number of nitrogens with one attached hydrogen (secondary N) is 1. The molecule has 1 N–H and O–H groups in total. The SMILES string of the molecule is C=C(/N=C\C(=C/C)Cc1cnc(SCc2ccc(C)cc2)[nH]c1=O)OC. The third kappa shape index (κ3) is 6.04. The van der Waals surface area contributed by atoms with Gasteiger partial charge < -0.3 is 9.72 Å². The molecule has 2 rings (SSSR count). The normalized spacial score (nSPS) is 11.7. The number of aromatic nitrogens is 2. The smallest absolute Gasteiger partial charge is 0.255 e. The highest BCUT2D eigenvalue weighted by molar-refractivity contribution is 7.98. The molecule has 1 heterocycles. The standard InChI is InChI=1S/C20H23N3O2S/c1-5-16(11-21-15(3)25-4)10-18-12-22-20(23-19(18)24)26-13-17-8-6-14(2)7-9-17/h5-9,11-12H,3,10,13H2,1-2,4H3,(H,22,23,24)/b16-5-,21-11-. The van der Waals surface area contributed by atoms with Gasteiger partial charge in [-0.15, -0.1) is 0 Å². The minimum absolute atomic E-state index is 0.135. The Bertz CT molecular complexity index is 867. The van der Waals surface area contributed by atoms with Gasteiger partial charge >= 0.3 is 0 Å². The van der Waals surface area contributed by atoms with Gasteiger partial charge in [0.05, 0.1) is 7.11 Å². The first kappa shape index (κ1) is 19.7. The van der Waals surface area contributed by atoms with Crippen LogP contribution in [0.3, 0.4) is 0 Å². The molecule has 1 aromatic heterocycles. The van der Waals surface area contributed by atoms with Gasteiger partial charge in [-0.2, -0.15) is 0 Å². The number of H-pyrrole nitrogens is 1. The highest BCUT2D eigenvalue weighted by Gasteiger charge is 2.06. The molecule has 0 saturated carbocycles. The second-order valence-corrected chi connectivity index (χ2v) is 6.68. The van der Waals surface area contributed by atoms with Crippen LogP contribution in [0.15, 0.2) is 69.5 Å². The van der Waals surface area contributed by atoms with Crippen LogP contribution in [0.2, 0.25) is 0 Å². The van der Waals surface area contributed by atoms with Gasteiger partial charge in [-0.05, 0) is 31.6 Å². The number of thioether (sulfide) groups is 1. The lowest BCUT2D eigenvalue weighted by Gasteiger charge is -2.05. The maximum atomic E-state index is 12.3. The molecule has 0 unspecified atom stereocenters. The van der Waals surface area contributed by atoms with Crippen molar-refractivity contribution >= 4 is 18.0 Å². The lowest BCUT2D eigenvalue weighted by atomic mass is 10.1. The number of aliphatic imine (C=N–C) groups is 1. The van der Waals surface area contributed by atoms with E-state index in [0.29, 0.717) is 23.0 Å². The van der Waals surface area contributed by atoms with Gasteiger partial charge in [0.25, 0.3) is 5.56 Å². The van der Waals surface area contributed by atoms with E-state index in [-0.39, 0.29) is 5.56 Å². The third-order valence-electron chi connectivity index (χ3n) is 3.72. The van der Waals surface area contributed by atoms with Crippen LogP contribution in [0.5, 0.6) is 0 Å². The topological polar surface area (TPSA) is 67.3 Å². The predicted molar refractivity (Wildman–Crippen MR) is 108 cm³/mol. The molecule has 0 bridgehead atoms.